The van der Waals surface area contributed by atoms with Crippen molar-refractivity contribution in [2.24, 2.45) is 0 Å². The van der Waals surface area contributed by atoms with E-state index in [1.54, 1.807) is 4.68 Å². The van der Waals surface area contributed by atoms with Crippen LogP contribution in [0.25, 0.3) is 11.4 Å². The van der Waals surface area contributed by atoms with Gasteiger partial charge in [0.05, 0.1) is 5.69 Å². The highest BCUT2D eigenvalue weighted by molar-refractivity contribution is 5.65. The lowest BCUT2D eigenvalue weighted by Gasteiger charge is -2.39. The number of hydrogen-bond donors (Lipinski definition) is 2. The summed E-state index contributed by atoms with van der Waals surface area (Å²) in [6.07, 6.45) is 7.46. The van der Waals surface area contributed by atoms with E-state index in [0.29, 0.717) is 5.95 Å². The van der Waals surface area contributed by atoms with Crippen LogP contribution in [0.2, 0.25) is 0 Å². The number of piperidine rings is 1. The quantitative estimate of drug-likeness (QED) is 0.862. The summed E-state index contributed by atoms with van der Waals surface area (Å²) in [5.41, 5.74) is 14.9. The smallest absolute Gasteiger partial charge is 0.241 e. The molecule has 0 amide bonds. The van der Waals surface area contributed by atoms with Crippen molar-refractivity contribution in [2.45, 2.75) is 38.6 Å². The first kappa shape index (κ1) is 17.9. The fourth-order valence-corrected chi connectivity index (χ4v) is 4.41. The van der Waals surface area contributed by atoms with Crippen molar-refractivity contribution in [3.8, 4) is 5.69 Å². The molecule has 144 valence electrons. The first-order chi connectivity index (χ1) is 13.2. The minimum Gasteiger partial charge on any atom is -0.371 e. The molecule has 1 aromatic carbocycles. The number of allylic oxidation sites excluding steroid dienone is 1. The Labute approximate surface area is 160 Å². The molecule has 0 radical (unpaired) electrons. The number of nitrogens with two attached hydrogens (primary N) is 2. The predicted molar refractivity (Wildman–Crippen MR) is 109 cm³/mol. The van der Waals surface area contributed by atoms with Crippen LogP contribution in [-0.2, 0) is 0 Å². The van der Waals surface area contributed by atoms with E-state index < -0.39 is 0 Å². The molecular formula is C20H29N7. The largest absolute Gasteiger partial charge is 0.371 e. The summed E-state index contributed by atoms with van der Waals surface area (Å²) in [6.45, 7) is 6.94. The second-order valence-corrected chi connectivity index (χ2v) is 7.42. The van der Waals surface area contributed by atoms with Gasteiger partial charge in [-0.05, 0) is 63.4 Å². The average Bonchev–Trinajstić information content (AvgIpc) is 3.33. The molecule has 0 saturated carbocycles. The number of benzene rings is 1. The number of aromatic nitrogens is 3. The van der Waals surface area contributed by atoms with E-state index in [0.717, 1.165) is 24.8 Å². The van der Waals surface area contributed by atoms with E-state index in [4.69, 9.17) is 11.5 Å². The van der Waals surface area contributed by atoms with Gasteiger partial charge in [0.25, 0.3) is 0 Å². The van der Waals surface area contributed by atoms with Gasteiger partial charge >= 0.3 is 0 Å². The zero-order chi connectivity index (χ0) is 18.8. The van der Waals surface area contributed by atoms with Crippen molar-refractivity contribution < 1.29 is 0 Å². The highest BCUT2D eigenvalue weighted by atomic mass is 15.4. The van der Waals surface area contributed by atoms with Crippen LogP contribution in [0, 0.1) is 0 Å². The van der Waals surface area contributed by atoms with E-state index in [1.807, 2.05) is 12.1 Å². The number of nitrogens with zero attached hydrogens (tertiary/aromatic N) is 5. The fourth-order valence-electron chi connectivity index (χ4n) is 4.41. The summed E-state index contributed by atoms with van der Waals surface area (Å²) in [7, 11) is 0. The molecule has 0 bridgehead atoms. The third-order valence-electron chi connectivity index (χ3n) is 5.79. The maximum absolute atomic E-state index is 5.86. The maximum Gasteiger partial charge on any atom is 0.241 e. The van der Waals surface area contributed by atoms with Crippen LogP contribution in [0.3, 0.4) is 0 Å². The Balaban J connectivity index is 1.44. The van der Waals surface area contributed by atoms with Crippen molar-refractivity contribution in [3.05, 3.63) is 35.9 Å². The standard InChI is InChI=1S/C20H29N7/c1-2-18(26-13-9-16(10-14-26)25-11-3-4-12-25)15-5-7-17(8-6-15)27-20(22)23-19(21)24-27/h2,5-8,16H,3-4,9-14H2,1H3,(H4,21,22,23,24)/b18-2+. The van der Waals surface area contributed by atoms with Crippen LogP contribution in [-0.4, -0.2) is 56.8 Å². The molecule has 27 heavy (non-hydrogen) atoms. The van der Waals surface area contributed by atoms with E-state index in [2.05, 4.69) is 45.0 Å². The molecule has 2 saturated heterocycles. The lowest BCUT2D eigenvalue weighted by Crippen LogP contribution is -2.43. The Morgan fingerprint density at radius 2 is 1.70 bits per heavy atom. The monoisotopic (exact) mass is 367 g/mol. The van der Waals surface area contributed by atoms with E-state index >= 15 is 0 Å². The zero-order valence-corrected chi connectivity index (χ0v) is 16.0. The van der Waals surface area contributed by atoms with Crippen molar-refractivity contribution >= 4 is 17.6 Å². The summed E-state index contributed by atoms with van der Waals surface area (Å²) < 4.78 is 1.57. The van der Waals surface area contributed by atoms with Gasteiger partial charge in [0, 0.05) is 24.8 Å². The maximum atomic E-state index is 5.86. The van der Waals surface area contributed by atoms with Crippen LogP contribution in [0.1, 0.15) is 38.2 Å². The molecule has 3 heterocycles. The average molecular weight is 368 g/mol. The molecule has 0 atom stereocenters. The third-order valence-corrected chi connectivity index (χ3v) is 5.79. The third kappa shape index (κ3) is 3.64. The molecule has 7 nitrogen and oxygen atoms in total. The summed E-state index contributed by atoms with van der Waals surface area (Å²) >= 11 is 0. The topological polar surface area (TPSA) is 89.2 Å². The number of likely N-dealkylation sites (tertiary alicyclic amines) is 2. The lowest BCUT2D eigenvalue weighted by molar-refractivity contribution is 0.159. The lowest BCUT2D eigenvalue weighted by atomic mass is 10.0. The summed E-state index contributed by atoms with van der Waals surface area (Å²) in [6, 6.07) is 9.04. The number of anilines is 2. The number of rotatable bonds is 4. The second kappa shape index (κ2) is 7.60. The Kier molecular flexibility index (Phi) is 5.03. The van der Waals surface area contributed by atoms with Gasteiger partial charge in [-0.2, -0.15) is 9.67 Å². The van der Waals surface area contributed by atoms with Crippen LogP contribution >= 0.6 is 0 Å². The van der Waals surface area contributed by atoms with E-state index in [-0.39, 0.29) is 5.95 Å². The van der Waals surface area contributed by atoms with Crippen molar-refractivity contribution in [3.63, 3.8) is 0 Å². The molecule has 2 fully saturated rings. The normalized spacial score (nSPS) is 19.7. The number of nitrogen functional groups attached to an aromatic ring is 2. The van der Waals surface area contributed by atoms with Crippen LogP contribution in [0.4, 0.5) is 11.9 Å². The minimum absolute atomic E-state index is 0.187. The van der Waals surface area contributed by atoms with Gasteiger partial charge in [0.1, 0.15) is 0 Å². The predicted octanol–water partition coefficient (Wildman–Crippen LogP) is 2.35. The van der Waals surface area contributed by atoms with Gasteiger partial charge in [-0.15, -0.1) is 5.10 Å². The first-order valence-electron chi connectivity index (χ1n) is 9.90. The summed E-state index contributed by atoms with van der Waals surface area (Å²) in [5.74, 6) is 0.488. The molecular weight excluding hydrogens is 338 g/mol. The summed E-state index contributed by atoms with van der Waals surface area (Å²) in [4.78, 5) is 9.17. The van der Waals surface area contributed by atoms with Gasteiger partial charge in [-0.25, -0.2) is 0 Å². The van der Waals surface area contributed by atoms with Crippen LogP contribution in [0.15, 0.2) is 30.3 Å². The first-order valence-corrected chi connectivity index (χ1v) is 9.90. The molecule has 0 unspecified atom stereocenters. The van der Waals surface area contributed by atoms with Crippen molar-refractivity contribution in [1.29, 1.82) is 0 Å². The Morgan fingerprint density at radius 1 is 1.04 bits per heavy atom. The highest BCUT2D eigenvalue weighted by Crippen LogP contribution is 2.28. The Hall–Kier alpha value is -2.54. The molecule has 2 aliphatic heterocycles. The molecule has 1 aromatic heterocycles. The van der Waals surface area contributed by atoms with Gasteiger partial charge < -0.3 is 21.3 Å². The number of hydrogen-bond acceptors (Lipinski definition) is 6. The van der Waals surface area contributed by atoms with Crippen molar-refractivity contribution in [2.75, 3.05) is 37.6 Å². The van der Waals surface area contributed by atoms with Crippen molar-refractivity contribution in [1.82, 2.24) is 24.6 Å². The molecule has 4 rings (SSSR count). The molecule has 7 heteroatoms. The zero-order valence-electron chi connectivity index (χ0n) is 16.0. The molecule has 2 aromatic rings. The SMILES string of the molecule is C/C=C(\c1ccc(-n2nc(N)nc2N)cc1)N1CCC(N2CCCC2)CC1. The van der Waals surface area contributed by atoms with Crippen LogP contribution < -0.4 is 11.5 Å². The van der Waals surface area contributed by atoms with E-state index in [9.17, 15) is 0 Å². The second-order valence-electron chi connectivity index (χ2n) is 7.42. The molecule has 0 spiro atoms. The fraction of sp³-hybridized carbons (Fsp3) is 0.500. The van der Waals surface area contributed by atoms with Gasteiger partial charge in [0.2, 0.25) is 11.9 Å². The van der Waals surface area contributed by atoms with Crippen LogP contribution in [0.5, 0.6) is 0 Å². The Morgan fingerprint density at radius 3 is 2.26 bits per heavy atom. The van der Waals surface area contributed by atoms with E-state index in [1.165, 1.54) is 50.0 Å². The Bertz CT molecular complexity index is 794. The van der Waals surface area contributed by atoms with Gasteiger partial charge in [0.15, 0.2) is 0 Å². The highest BCUT2D eigenvalue weighted by Gasteiger charge is 2.27. The summed E-state index contributed by atoms with van der Waals surface area (Å²) in [5, 5.41) is 4.14. The van der Waals surface area contributed by atoms with Gasteiger partial charge in [-0.3, -0.25) is 0 Å². The minimum atomic E-state index is 0.187. The molecule has 2 aliphatic rings. The molecule has 0 aliphatic carbocycles. The van der Waals surface area contributed by atoms with Gasteiger partial charge in [-0.1, -0.05) is 18.2 Å². The molecule has 4 N–H and O–H groups in total.